The number of nitrogens with zero attached hydrogens (tertiary/aromatic N) is 1. The molecule has 0 fully saturated rings. The number of aromatic hydroxyl groups is 1. The number of ether oxygens (including phenoxy) is 3. The van der Waals surface area contributed by atoms with Crippen LogP contribution in [0.4, 0.5) is 4.79 Å². The maximum absolute atomic E-state index is 13.5. The topological polar surface area (TPSA) is 193 Å². The normalized spacial score (nSPS) is 24.6. The highest BCUT2D eigenvalue weighted by Gasteiger charge is 2.44. The predicted octanol–water partition coefficient (Wildman–Crippen LogP) is 1.67. The highest BCUT2D eigenvalue weighted by Crippen LogP contribution is 2.36. The van der Waals surface area contributed by atoms with Gasteiger partial charge in [0.1, 0.15) is 47.6 Å². The number of rotatable bonds is 5. The summed E-state index contributed by atoms with van der Waals surface area (Å²) >= 11 is 0. The molecule has 14 heteroatoms. The summed E-state index contributed by atoms with van der Waals surface area (Å²) in [6.07, 6.45) is -2.45. The number of aliphatic hydroxyl groups excluding tert-OH is 1. The molecule has 5 atom stereocenters. The molecule has 0 saturated carbocycles. The van der Waals surface area contributed by atoms with E-state index in [1.807, 2.05) is 0 Å². The van der Waals surface area contributed by atoms with Gasteiger partial charge in [0.25, 0.3) is 0 Å². The van der Waals surface area contributed by atoms with Crippen LogP contribution in [0.15, 0.2) is 18.2 Å². The smallest absolute Gasteiger partial charge is 0.410 e. The fourth-order valence-corrected chi connectivity index (χ4v) is 4.31. The zero-order valence-corrected chi connectivity index (χ0v) is 27.1. The lowest BCUT2D eigenvalue weighted by molar-refractivity contribution is -0.155. The van der Waals surface area contributed by atoms with E-state index < -0.39 is 77.4 Å². The van der Waals surface area contributed by atoms with Gasteiger partial charge in [0.15, 0.2) is 11.5 Å². The van der Waals surface area contributed by atoms with E-state index in [-0.39, 0.29) is 23.5 Å². The molecule has 5 N–H and O–H groups in total. The van der Waals surface area contributed by atoms with Crippen LogP contribution in [0, 0.1) is 0 Å². The minimum absolute atomic E-state index is 0.0870. The average molecular weight is 623 g/mol. The van der Waals surface area contributed by atoms with Crippen molar-refractivity contribution >= 4 is 29.8 Å². The van der Waals surface area contributed by atoms with Crippen molar-refractivity contribution < 1.29 is 48.4 Å². The summed E-state index contributed by atoms with van der Waals surface area (Å²) in [6, 6.07) is -0.430. The second-order valence-electron chi connectivity index (χ2n) is 13.0. The third kappa shape index (κ3) is 9.46. The van der Waals surface area contributed by atoms with Gasteiger partial charge in [0.2, 0.25) is 17.7 Å². The highest BCUT2D eigenvalue weighted by molar-refractivity contribution is 5.95. The van der Waals surface area contributed by atoms with Crippen LogP contribution in [0.2, 0.25) is 0 Å². The molecule has 1 aliphatic rings. The maximum Gasteiger partial charge on any atom is 0.410 e. The van der Waals surface area contributed by atoms with Gasteiger partial charge in [-0.25, -0.2) is 4.79 Å². The second-order valence-corrected chi connectivity index (χ2v) is 13.0. The molecule has 1 aromatic rings. The first kappa shape index (κ1) is 36.1. The van der Waals surface area contributed by atoms with Gasteiger partial charge in [-0.1, -0.05) is 13.0 Å². The van der Waals surface area contributed by atoms with Crippen molar-refractivity contribution in [2.24, 2.45) is 0 Å². The molecular weight excluding hydrogens is 576 g/mol. The number of phenols is 1. The number of nitrogens with one attached hydrogen (secondary N) is 3. The number of carbonyl (C=O) groups is 5. The number of hydrogen-bond donors (Lipinski definition) is 5. The lowest BCUT2D eigenvalue weighted by Crippen LogP contribution is -2.64. The van der Waals surface area contributed by atoms with E-state index in [1.165, 1.54) is 39.1 Å². The van der Waals surface area contributed by atoms with Gasteiger partial charge in [-0.3, -0.25) is 24.1 Å². The summed E-state index contributed by atoms with van der Waals surface area (Å²) in [4.78, 5) is 66.5. The number of hydrogen-bond acceptors (Lipinski definition) is 10. The van der Waals surface area contributed by atoms with E-state index in [9.17, 15) is 34.2 Å². The molecule has 1 aliphatic heterocycles. The minimum atomic E-state index is -1.66. The number of likely N-dealkylation sites (N-methyl/N-ethyl adjacent to an activating group) is 1. The molecule has 1 heterocycles. The Kier molecular flexibility index (Phi) is 11.3. The lowest BCUT2D eigenvalue weighted by Gasteiger charge is -2.37. The molecular formula is C30H46N4O10. The molecule has 0 radical (unpaired) electrons. The van der Waals surface area contributed by atoms with Crippen LogP contribution in [-0.4, -0.2) is 93.4 Å². The van der Waals surface area contributed by atoms with Crippen molar-refractivity contribution in [1.82, 2.24) is 20.9 Å². The van der Waals surface area contributed by atoms with Crippen molar-refractivity contribution in [3.63, 3.8) is 0 Å². The predicted molar refractivity (Wildman–Crippen MR) is 159 cm³/mol. The lowest BCUT2D eigenvalue weighted by atomic mass is 9.91. The molecule has 0 saturated heterocycles. The van der Waals surface area contributed by atoms with Crippen LogP contribution < -0.4 is 20.7 Å². The first-order valence-electron chi connectivity index (χ1n) is 14.3. The number of benzene rings is 1. The van der Waals surface area contributed by atoms with Gasteiger partial charge in [0.05, 0.1) is 0 Å². The van der Waals surface area contributed by atoms with E-state index in [4.69, 9.17) is 14.2 Å². The molecule has 1 aromatic carbocycles. The largest absolute Gasteiger partial charge is 0.504 e. The Morgan fingerprint density at radius 3 is 2.18 bits per heavy atom. The van der Waals surface area contributed by atoms with Gasteiger partial charge < -0.3 is 40.4 Å². The first-order valence-corrected chi connectivity index (χ1v) is 14.3. The molecule has 44 heavy (non-hydrogen) atoms. The number of carbonyl (C=O) groups excluding carboxylic acids is 5. The quantitative estimate of drug-likeness (QED) is 0.302. The second kappa shape index (κ2) is 13.7. The van der Waals surface area contributed by atoms with Gasteiger partial charge in [-0.2, -0.15) is 0 Å². The van der Waals surface area contributed by atoms with Crippen LogP contribution in [0.25, 0.3) is 0 Å². The molecule has 2 bridgehead atoms. The Labute approximate surface area is 257 Å². The van der Waals surface area contributed by atoms with Gasteiger partial charge in [-0.05, 0) is 79.5 Å². The fraction of sp³-hybridized carbons (Fsp3) is 0.633. The monoisotopic (exact) mass is 622 g/mol. The SMILES string of the molecule is CC[C@@]1(C)Oc2cc(ccc2O)[C@@H](O)[C@H](N(C)C(=O)OC(C)(C)C)C(=O)N[C@@H](C)C(=O)N[C@@H]1C(=O)NCC(=O)OC(C)(C)C. The molecule has 0 aromatic heterocycles. The zero-order valence-electron chi connectivity index (χ0n) is 27.1. The Balaban J connectivity index is 2.58. The van der Waals surface area contributed by atoms with Crippen molar-refractivity contribution in [2.45, 2.75) is 110 Å². The fourth-order valence-electron chi connectivity index (χ4n) is 4.31. The summed E-state index contributed by atoms with van der Waals surface area (Å²) in [5.74, 6) is -3.72. The summed E-state index contributed by atoms with van der Waals surface area (Å²) in [7, 11) is 1.27. The van der Waals surface area contributed by atoms with Crippen LogP contribution in [-0.2, 0) is 28.7 Å². The van der Waals surface area contributed by atoms with Crippen molar-refractivity contribution in [3.05, 3.63) is 23.8 Å². The molecule has 4 amide bonds. The molecule has 246 valence electrons. The Hall–Kier alpha value is -4.07. The Bertz CT molecular complexity index is 1260. The number of phenolic OH excluding ortho intramolecular Hbond substituents is 1. The van der Waals surface area contributed by atoms with Crippen LogP contribution in [0.3, 0.4) is 0 Å². The number of amides is 4. The number of esters is 1. The van der Waals surface area contributed by atoms with E-state index >= 15 is 0 Å². The Morgan fingerprint density at radius 2 is 1.64 bits per heavy atom. The standard InChI is InChI=1S/C30H46N4O10/c1-11-30(9)23(26(40)31-15-20(36)43-28(3,4)5)33-24(38)16(2)32-25(39)21(34(10)27(41)44-29(6,7)8)22(37)17-12-13-18(35)19(14-17)42-30/h12-14,16,21-23,35,37H,11,15H2,1-10H3,(H,31,40)(H,32,39)(H,33,38)/t16-,21-,22+,23+,30+/m0/s1. The van der Waals surface area contributed by atoms with E-state index in [1.54, 1.807) is 48.5 Å². The Morgan fingerprint density at radius 1 is 1.05 bits per heavy atom. The molecule has 14 nitrogen and oxygen atoms in total. The van der Waals surface area contributed by atoms with Crippen molar-refractivity contribution in [3.8, 4) is 11.5 Å². The summed E-state index contributed by atoms with van der Waals surface area (Å²) < 4.78 is 16.8. The summed E-state index contributed by atoms with van der Waals surface area (Å²) in [5.41, 5.74) is -3.13. The zero-order chi connectivity index (χ0) is 33.8. The van der Waals surface area contributed by atoms with Crippen molar-refractivity contribution in [2.75, 3.05) is 13.6 Å². The molecule has 2 rings (SSSR count). The molecule has 0 unspecified atom stereocenters. The van der Waals surface area contributed by atoms with E-state index in [2.05, 4.69) is 16.0 Å². The minimum Gasteiger partial charge on any atom is -0.504 e. The highest BCUT2D eigenvalue weighted by atomic mass is 16.6. The van der Waals surface area contributed by atoms with Gasteiger partial charge in [0, 0.05) is 7.05 Å². The number of aliphatic hydroxyl groups is 1. The third-order valence-corrected chi connectivity index (χ3v) is 6.78. The van der Waals surface area contributed by atoms with Crippen molar-refractivity contribution in [1.29, 1.82) is 0 Å². The van der Waals surface area contributed by atoms with Gasteiger partial charge in [-0.15, -0.1) is 0 Å². The maximum atomic E-state index is 13.5. The van der Waals surface area contributed by atoms with Gasteiger partial charge >= 0.3 is 12.1 Å². The average Bonchev–Trinajstić information content (AvgIpc) is 2.89. The van der Waals surface area contributed by atoms with E-state index in [0.29, 0.717) is 0 Å². The summed E-state index contributed by atoms with van der Waals surface area (Å²) in [5, 5.41) is 29.6. The van der Waals surface area contributed by atoms with Crippen LogP contribution in [0.1, 0.15) is 80.4 Å². The number of fused-ring (bicyclic) bond motifs is 2. The van der Waals surface area contributed by atoms with Crippen LogP contribution in [0.5, 0.6) is 11.5 Å². The first-order chi connectivity index (χ1) is 20.1. The molecule has 0 spiro atoms. The summed E-state index contributed by atoms with van der Waals surface area (Å²) in [6.45, 7) is 14.0. The third-order valence-electron chi connectivity index (χ3n) is 6.78. The van der Waals surface area contributed by atoms with E-state index in [0.717, 1.165) is 4.90 Å². The molecule has 0 aliphatic carbocycles. The van der Waals surface area contributed by atoms with Crippen LogP contribution >= 0.6 is 0 Å².